The van der Waals surface area contributed by atoms with Crippen molar-refractivity contribution in [3.63, 3.8) is 0 Å². The minimum atomic E-state index is 0.103. The van der Waals surface area contributed by atoms with Crippen molar-refractivity contribution in [1.29, 1.82) is 0 Å². The van der Waals surface area contributed by atoms with Crippen molar-refractivity contribution in [3.8, 4) is 0 Å². The van der Waals surface area contributed by atoms with E-state index in [-0.39, 0.29) is 12.5 Å². The van der Waals surface area contributed by atoms with E-state index in [0.717, 1.165) is 0 Å². The number of aliphatic hydroxyl groups excluding tert-OH is 1. The normalized spacial score (nSPS) is 12.8. The maximum atomic E-state index is 9.16. The van der Waals surface area contributed by atoms with Crippen LogP contribution >= 0.6 is 0 Å². The van der Waals surface area contributed by atoms with Gasteiger partial charge >= 0.3 is 0 Å². The summed E-state index contributed by atoms with van der Waals surface area (Å²) in [6, 6.07) is 8.07. The van der Waals surface area contributed by atoms with Gasteiger partial charge in [0.05, 0.1) is 13.2 Å². The lowest BCUT2D eigenvalue weighted by atomic mass is 9.96. The van der Waals surface area contributed by atoms with Crippen LogP contribution in [0.1, 0.15) is 17.0 Å². The van der Waals surface area contributed by atoms with Gasteiger partial charge < -0.3 is 9.84 Å². The smallest absolute Gasteiger partial charge is 0.0553 e. The molecule has 72 valence electrons. The molecule has 0 aliphatic rings. The molecule has 0 aromatic heterocycles. The second kappa shape index (κ2) is 5.00. The van der Waals surface area contributed by atoms with E-state index in [0.29, 0.717) is 6.61 Å². The van der Waals surface area contributed by atoms with Crippen LogP contribution in [0.15, 0.2) is 24.3 Å². The summed E-state index contributed by atoms with van der Waals surface area (Å²) in [5, 5.41) is 9.16. The van der Waals surface area contributed by atoms with Crippen LogP contribution in [0, 0.1) is 6.92 Å². The van der Waals surface area contributed by atoms with Crippen LogP contribution in [0.4, 0.5) is 0 Å². The molecule has 0 heterocycles. The van der Waals surface area contributed by atoms with Gasteiger partial charge in [-0.3, -0.25) is 0 Å². The lowest BCUT2D eigenvalue weighted by Gasteiger charge is -2.15. The first-order valence-corrected chi connectivity index (χ1v) is 4.45. The van der Waals surface area contributed by atoms with Crippen molar-refractivity contribution in [2.75, 3.05) is 20.3 Å². The molecule has 0 saturated carbocycles. The molecule has 0 amide bonds. The van der Waals surface area contributed by atoms with Gasteiger partial charge in [0, 0.05) is 13.0 Å². The van der Waals surface area contributed by atoms with Gasteiger partial charge in [0.25, 0.3) is 0 Å². The highest BCUT2D eigenvalue weighted by Gasteiger charge is 2.11. The molecule has 1 atom stereocenters. The average molecular weight is 180 g/mol. The van der Waals surface area contributed by atoms with Crippen LogP contribution < -0.4 is 0 Å². The Kier molecular flexibility index (Phi) is 3.93. The monoisotopic (exact) mass is 180 g/mol. The molecule has 13 heavy (non-hydrogen) atoms. The lowest BCUT2D eigenvalue weighted by molar-refractivity contribution is 0.144. The predicted octanol–water partition coefficient (Wildman–Crippen LogP) is 1.72. The van der Waals surface area contributed by atoms with Gasteiger partial charge in [0.2, 0.25) is 0 Å². The SMILES string of the molecule is COCC(CO)c1ccccc1C. The number of rotatable bonds is 4. The number of ether oxygens (including phenoxy) is 1. The third-order valence-corrected chi connectivity index (χ3v) is 2.22. The van der Waals surface area contributed by atoms with E-state index in [1.54, 1.807) is 7.11 Å². The maximum Gasteiger partial charge on any atom is 0.0553 e. The first kappa shape index (κ1) is 10.2. The van der Waals surface area contributed by atoms with E-state index in [4.69, 9.17) is 9.84 Å². The Hall–Kier alpha value is -0.860. The quantitative estimate of drug-likeness (QED) is 0.764. The van der Waals surface area contributed by atoms with Gasteiger partial charge in [-0.05, 0) is 18.1 Å². The summed E-state index contributed by atoms with van der Waals surface area (Å²) in [7, 11) is 1.65. The van der Waals surface area contributed by atoms with Gasteiger partial charge in [-0.15, -0.1) is 0 Å². The largest absolute Gasteiger partial charge is 0.396 e. The molecule has 2 nitrogen and oxygen atoms in total. The summed E-state index contributed by atoms with van der Waals surface area (Å²) in [6.45, 7) is 2.76. The molecule has 0 fully saturated rings. The number of benzene rings is 1. The van der Waals surface area contributed by atoms with Crippen molar-refractivity contribution >= 4 is 0 Å². The molecule has 0 bridgehead atoms. The fourth-order valence-corrected chi connectivity index (χ4v) is 1.49. The van der Waals surface area contributed by atoms with Crippen molar-refractivity contribution in [2.24, 2.45) is 0 Å². The molecule has 0 aliphatic carbocycles. The Morgan fingerprint density at radius 2 is 2.08 bits per heavy atom. The van der Waals surface area contributed by atoms with E-state index in [9.17, 15) is 0 Å². The Labute approximate surface area is 79.2 Å². The first-order valence-electron chi connectivity index (χ1n) is 4.45. The van der Waals surface area contributed by atoms with Crippen molar-refractivity contribution in [1.82, 2.24) is 0 Å². The number of aliphatic hydroxyl groups is 1. The van der Waals surface area contributed by atoms with Crippen LogP contribution in [0.2, 0.25) is 0 Å². The second-order valence-electron chi connectivity index (χ2n) is 3.19. The number of hydrogen-bond acceptors (Lipinski definition) is 2. The van der Waals surface area contributed by atoms with Gasteiger partial charge in [-0.25, -0.2) is 0 Å². The molecule has 1 aromatic carbocycles. The third kappa shape index (κ3) is 2.54. The Balaban J connectivity index is 2.84. The zero-order valence-corrected chi connectivity index (χ0v) is 8.16. The van der Waals surface area contributed by atoms with Crippen molar-refractivity contribution < 1.29 is 9.84 Å². The van der Waals surface area contributed by atoms with Crippen LogP contribution in [-0.2, 0) is 4.74 Å². The lowest BCUT2D eigenvalue weighted by Crippen LogP contribution is -2.11. The zero-order chi connectivity index (χ0) is 9.68. The maximum absolute atomic E-state index is 9.16. The molecule has 1 aromatic rings. The molecule has 0 saturated heterocycles. The fourth-order valence-electron chi connectivity index (χ4n) is 1.49. The van der Waals surface area contributed by atoms with E-state index < -0.39 is 0 Å². The molecular weight excluding hydrogens is 164 g/mol. The highest BCUT2D eigenvalue weighted by molar-refractivity contribution is 5.29. The fraction of sp³-hybridized carbons (Fsp3) is 0.455. The number of hydrogen-bond donors (Lipinski definition) is 1. The summed E-state index contributed by atoms with van der Waals surface area (Å²) in [5.74, 6) is 0.103. The molecular formula is C11H16O2. The highest BCUT2D eigenvalue weighted by atomic mass is 16.5. The van der Waals surface area contributed by atoms with E-state index in [2.05, 4.69) is 0 Å². The van der Waals surface area contributed by atoms with Crippen molar-refractivity contribution in [2.45, 2.75) is 12.8 Å². The minimum absolute atomic E-state index is 0.103. The Morgan fingerprint density at radius 3 is 2.62 bits per heavy atom. The standard InChI is InChI=1S/C11H16O2/c1-9-5-3-4-6-11(9)10(7-12)8-13-2/h3-6,10,12H,7-8H2,1-2H3. The minimum Gasteiger partial charge on any atom is -0.396 e. The molecule has 0 radical (unpaired) electrons. The summed E-state index contributed by atoms with van der Waals surface area (Å²) in [5.41, 5.74) is 2.38. The summed E-state index contributed by atoms with van der Waals surface area (Å²) in [6.07, 6.45) is 0. The predicted molar refractivity (Wildman–Crippen MR) is 52.9 cm³/mol. The summed E-state index contributed by atoms with van der Waals surface area (Å²) >= 11 is 0. The molecule has 0 aliphatic heterocycles. The van der Waals surface area contributed by atoms with E-state index in [1.807, 2.05) is 31.2 Å². The van der Waals surface area contributed by atoms with Gasteiger partial charge in [-0.2, -0.15) is 0 Å². The van der Waals surface area contributed by atoms with Gasteiger partial charge in [0.15, 0.2) is 0 Å². The summed E-state index contributed by atoms with van der Waals surface area (Å²) in [4.78, 5) is 0. The number of aryl methyl sites for hydroxylation is 1. The van der Waals surface area contributed by atoms with Crippen LogP contribution in [0.3, 0.4) is 0 Å². The average Bonchev–Trinajstić information content (AvgIpc) is 2.16. The molecule has 2 heteroatoms. The zero-order valence-electron chi connectivity index (χ0n) is 8.16. The van der Waals surface area contributed by atoms with Crippen LogP contribution in [0.25, 0.3) is 0 Å². The summed E-state index contributed by atoms with van der Waals surface area (Å²) < 4.78 is 5.04. The van der Waals surface area contributed by atoms with Gasteiger partial charge in [0.1, 0.15) is 0 Å². The van der Waals surface area contributed by atoms with Gasteiger partial charge in [-0.1, -0.05) is 24.3 Å². The highest BCUT2D eigenvalue weighted by Crippen LogP contribution is 2.19. The van der Waals surface area contributed by atoms with Crippen LogP contribution in [0.5, 0.6) is 0 Å². The third-order valence-electron chi connectivity index (χ3n) is 2.22. The van der Waals surface area contributed by atoms with E-state index >= 15 is 0 Å². The Morgan fingerprint density at radius 1 is 1.38 bits per heavy atom. The molecule has 1 rings (SSSR count). The topological polar surface area (TPSA) is 29.5 Å². The van der Waals surface area contributed by atoms with Crippen molar-refractivity contribution in [3.05, 3.63) is 35.4 Å². The molecule has 1 N–H and O–H groups in total. The molecule has 0 spiro atoms. The number of methoxy groups -OCH3 is 1. The Bertz CT molecular complexity index is 258. The van der Waals surface area contributed by atoms with E-state index in [1.165, 1.54) is 11.1 Å². The second-order valence-corrected chi connectivity index (χ2v) is 3.19. The first-order chi connectivity index (χ1) is 6.29. The molecule has 1 unspecified atom stereocenters. The van der Waals surface area contributed by atoms with Crippen LogP contribution in [-0.4, -0.2) is 25.4 Å².